The van der Waals surface area contributed by atoms with Crippen LogP contribution < -0.4 is 5.32 Å². The molecule has 9 heavy (non-hydrogen) atoms. The van der Waals surface area contributed by atoms with Crippen LogP contribution in [0.15, 0.2) is 0 Å². The van der Waals surface area contributed by atoms with Gasteiger partial charge >= 0.3 is 0 Å². The lowest BCUT2D eigenvalue weighted by Crippen LogP contribution is -2.35. The summed E-state index contributed by atoms with van der Waals surface area (Å²) in [6, 6.07) is 0. The van der Waals surface area contributed by atoms with Crippen LogP contribution in [0.4, 0.5) is 0 Å². The molecule has 0 amide bonds. The van der Waals surface area contributed by atoms with E-state index in [1.54, 1.807) is 13.8 Å². The van der Waals surface area contributed by atoms with Crippen LogP contribution in [-0.4, -0.2) is 12.2 Å². The third kappa shape index (κ3) is 3.58. The number of terminal acetylenes is 1. The third-order valence-corrected chi connectivity index (χ3v) is 0.903. The molecule has 0 saturated heterocycles. The molecule has 0 aromatic carbocycles. The van der Waals surface area contributed by atoms with Crippen LogP contribution in [0.3, 0.4) is 0 Å². The minimum Gasteiger partial charge on any atom is -0.294 e. The van der Waals surface area contributed by atoms with Gasteiger partial charge in [-0.25, -0.2) is 11.9 Å². The fourth-order valence-electron chi connectivity index (χ4n) is 0.307. The SMILES string of the molecule is [C-]#[N+]C(C)(C)NCC#C. The van der Waals surface area contributed by atoms with Crippen molar-refractivity contribution in [2.75, 3.05) is 6.54 Å². The summed E-state index contributed by atoms with van der Waals surface area (Å²) < 4.78 is 0. The molecule has 0 bridgehead atoms. The Morgan fingerprint density at radius 3 is 2.67 bits per heavy atom. The summed E-state index contributed by atoms with van der Waals surface area (Å²) in [5, 5.41) is 2.87. The summed E-state index contributed by atoms with van der Waals surface area (Å²) in [5.74, 6) is 2.40. The lowest BCUT2D eigenvalue weighted by molar-refractivity contribution is 0.503. The molecule has 0 aliphatic carbocycles. The van der Waals surface area contributed by atoms with E-state index in [1.165, 1.54) is 0 Å². The predicted octanol–water partition coefficient (Wildman–Crippen LogP) is 0.865. The van der Waals surface area contributed by atoms with Crippen LogP contribution in [0, 0.1) is 18.9 Å². The largest absolute Gasteiger partial charge is 0.294 e. The van der Waals surface area contributed by atoms with E-state index in [1.807, 2.05) is 0 Å². The van der Waals surface area contributed by atoms with Gasteiger partial charge in [-0.1, -0.05) is 5.92 Å². The van der Waals surface area contributed by atoms with E-state index in [9.17, 15) is 0 Å². The number of nitrogens with zero attached hydrogens (tertiary/aromatic N) is 1. The maximum atomic E-state index is 6.68. The molecule has 1 N–H and O–H groups in total. The average molecular weight is 122 g/mol. The Kier molecular flexibility index (Phi) is 2.78. The number of hydrogen-bond donors (Lipinski definition) is 1. The molecule has 2 nitrogen and oxygen atoms in total. The first-order valence-electron chi connectivity index (χ1n) is 2.69. The molecule has 0 saturated carbocycles. The monoisotopic (exact) mass is 122 g/mol. The Bertz CT molecular complexity index is 157. The van der Waals surface area contributed by atoms with Crippen molar-refractivity contribution in [3.8, 4) is 12.3 Å². The lowest BCUT2D eigenvalue weighted by atomic mass is 10.2. The highest BCUT2D eigenvalue weighted by Crippen LogP contribution is 2.00. The molecular weight excluding hydrogens is 112 g/mol. The van der Waals surface area contributed by atoms with E-state index in [2.05, 4.69) is 16.1 Å². The summed E-state index contributed by atoms with van der Waals surface area (Å²) in [6.45, 7) is 10.7. The second kappa shape index (κ2) is 3.12. The standard InChI is InChI=1S/C7H10N2/c1-5-6-9-7(2,3)8-4/h1,9H,6H2,2-3H3. The predicted molar refractivity (Wildman–Crippen MR) is 37.5 cm³/mol. The number of hydrogen-bond acceptors (Lipinski definition) is 1. The summed E-state index contributed by atoms with van der Waals surface area (Å²) in [4.78, 5) is 3.30. The quantitative estimate of drug-likeness (QED) is 0.424. The maximum absolute atomic E-state index is 6.68. The molecule has 0 unspecified atom stereocenters. The zero-order valence-electron chi connectivity index (χ0n) is 5.73. The van der Waals surface area contributed by atoms with Gasteiger partial charge in [-0.2, -0.15) is 0 Å². The minimum atomic E-state index is -0.508. The Morgan fingerprint density at radius 1 is 1.78 bits per heavy atom. The highest BCUT2D eigenvalue weighted by Gasteiger charge is 2.19. The normalized spacial score (nSPS) is 9.78. The average Bonchev–Trinajstić information content (AvgIpc) is 1.84. The molecule has 0 spiro atoms. The molecule has 0 aromatic rings. The molecule has 0 aliphatic rings. The van der Waals surface area contributed by atoms with E-state index >= 15 is 0 Å². The minimum absolute atomic E-state index is 0.454. The van der Waals surface area contributed by atoms with Crippen LogP contribution >= 0.6 is 0 Å². The smallest absolute Gasteiger partial charge is 0.281 e. The van der Waals surface area contributed by atoms with Crippen LogP contribution in [0.1, 0.15) is 13.8 Å². The van der Waals surface area contributed by atoms with Crippen molar-refractivity contribution in [3.63, 3.8) is 0 Å². The summed E-state index contributed by atoms with van der Waals surface area (Å²) in [5.41, 5.74) is -0.508. The zero-order chi connectivity index (χ0) is 7.33. The molecule has 0 fully saturated rings. The number of rotatable bonds is 2. The van der Waals surface area contributed by atoms with Gasteiger partial charge in [0.25, 0.3) is 5.66 Å². The van der Waals surface area contributed by atoms with Crippen molar-refractivity contribution in [1.82, 2.24) is 5.32 Å². The van der Waals surface area contributed by atoms with Gasteiger partial charge in [-0.3, -0.25) is 4.85 Å². The van der Waals surface area contributed by atoms with E-state index < -0.39 is 5.66 Å². The zero-order valence-corrected chi connectivity index (χ0v) is 5.73. The Hall–Kier alpha value is -0.990. The van der Waals surface area contributed by atoms with Crippen molar-refractivity contribution in [1.29, 1.82) is 0 Å². The fourth-order valence-corrected chi connectivity index (χ4v) is 0.307. The summed E-state index contributed by atoms with van der Waals surface area (Å²) in [6.07, 6.45) is 4.98. The van der Waals surface area contributed by atoms with Gasteiger partial charge in [0, 0.05) is 13.8 Å². The fraction of sp³-hybridized carbons (Fsp3) is 0.571. The van der Waals surface area contributed by atoms with Crippen molar-refractivity contribution < 1.29 is 0 Å². The van der Waals surface area contributed by atoms with Crippen molar-refractivity contribution in [3.05, 3.63) is 11.4 Å². The third-order valence-electron chi connectivity index (χ3n) is 0.903. The Balaban J connectivity index is 3.65. The van der Waals surface area contributed by atoms with E-state index in [0.717, 1.165) is 0 Å². The summed E-state index contributed by atoms with van der Waals surface area (Å²) >= 11 is 0. The first-order valence-corrected chi connectivity index (χ1v) is 2.69. The first-order chi connectivity index (χ1) is 4.12. The molecule has 0 heterocycles. The Labute approximate surface area is 56.1 Å². The van der Waals surface area contributed by atoms with Crippen molar-refractivity contribution >= 4 is 0 Å². The molecule has 0 aliphatic heterocycles. The molecule has 0 rings (SSSR count). The topological polar surface area (TPSA) is 16.4 Å². The molecule has 0 radical (unpaired) electrons. The van der Waals surface area contributed by atoms with Gasteiger partial charge in [-0.05, 0) is 0 Å². The van der Waals surface area contributed by atoms with E-state index in [-0.39, 0.29) is 0 Å². The second-order valence-corrected chi connectivity index (χ2v) is 2.23. The first kappa shape index (κ1) is 8.01. The van der Waals surface area contributed by atoms with E-state index in [4.69, 9.17) is 13.0 Å². The molecular formula is C7H10N2. The molecule has 0 atom stereocenters. The van der Waals surface area contributed by atoms with Gasteiger partial charge in [0.15, 0.2) is 0 Å². The Morgan fingerprint density at radius 2 is 2.33 bits per heavy atom. The lowest BCUT2D eigenvalue weighted by Gasteiger charge is -2.09. The maximum Gasteiger partial charge on any atom is 0.281 e. The molecule has 0 aromatic heterocycles. The van der Waals surface area contributed by atoms with Gasteiger partial charge in [0.1, 0.15) is 0 Å². The van der Waals surface area contributed by atoms with Crippen LogP contribution in [0.25, 0.3) is 4.85 Å². The van der Waals surface area contributed by atoms with Crippen molar-refractivity contribution in [2.24, 2.45) is 0 Å². The van der Waals surface area contributed by atoms with Crippen LogP contribution in [0.2, 0.25) is 0 Å². The van der Waals surface area contributed by atoms with Crippen LogP contribution in [0.5, 0.6) is 0 Å². The van der Waals surface area contributed by atoms with Gasteiger partial charge in [0.05, 0.1) is 6.54 Å². The number of nitrogens with one attached hydrogen (secondary N) is 1. The second-order valence-electron chi connectivity index (χ2n) is 2.23. The highest BCUT2D eigenvalue weighted by atomic mass is 15.1. The molecule has 48 valence electrons. The summed E-state index contributed by atoms with van der Waals surface area (Å²) in [7, 11) is 0. The van der Waals surface area contributed by atoms with Gasteiger partial charge in [-0.15, -0.1) is 6.42 Å². The van der Waals surface area contributed by atoms with Gasteiger partial charge in [0.2, 0.25) is 0 Å². The van der Waals surface area contributed by atoms with Crippen molar-refractivity contribution in [2.45, 2.75) is 19.5 Å². The van der Waals surface area contributed by atoms with Crippen LogP contribution in [-0.2, 0) is 0 Å². The highest BCUT2D eigenvalue weighted by molar-refractivity contribution is 4.94. The van der Waals surface area contributed by atoms with E-state index in [0.29, 0.717) is 6.54 Å². The van der Waals surface area contributed by atoms with Gasteiger partial charge < -0.3 is 0 Å². The molecule has 2 heteroatoms.